The lowest BCUT2D eigenvalue weighted by molar-refractivity contribution is 0.405. The average molecular weight is 219 g/mol. The van der Waals surface area contributed by atoms with Crippen molar-refractivity contribution in [1.82, 2.24) is 5.32 Å². The number of nitrogens with one attached hydrogen (secondary N) is 1. The van der Waals surface area contributed by atoms with E-state index in [2.05, 4.69) is 57.3 Å². The molecular formula is C15H25N. The van der Waals surface area contributed by atoms with E-state index in [0.29, 0.717) is 12.0 Å². The third kappa shape index (κ3) is 3.97. The van der Waals surface area contributed by atoms with Crippen molar-refractivity contribution in [3.05, 3.63) is 35.4 Å². The van der Waals surface area contributed by atoms with Crippen molar-refractivity contribution >= 4 is 0 Å². The van der Waals surface area contributed by atoms with Gasteiger partial charge < -0.3 is 5.32 Å². The summed E-state index contributed by atoms with van der Waals surface area (Å²) in [7, 11) is 0. The van der Waals surface area contributed by atoms with Crippen LogP contribution in [0.15, 0.2) is 24.3 Å². The van der Waals surface area contributed by atoms with Crippen LogP contribution in [-0.2, 0) is 12.8 Å². The summed E-state index contributed by atoms with van der Waals surface area (Å²) in [6.45, 7) is 10.00. The Labute approximate surface area is 100 Å². The highest BCUT2D eigenvalue weighted by atomic mass is 14.9. The van der Waals surface area contributed by atoms with Crippen LogP contribution in [0.1, 0.15) is 38.8 Å². The highest BCUT2D eigenvalue weighted by molar-refractivity contribution is 5.23. The first kappa shape index (κ1) is 13.2. The molecule has 0 amide bonds. The molecule has 0 saturated heterocycles. The van der Waals surface area contributed by atoms with Crippen LogP contribution in [0.4, 0.5) is 0 Å². The maximum atomic E-state index is 3.56. The van der Waals surface area contributed by atoms with Crippen molar-refractivity contribution in [2.45, 2.75) is 46.6 Å². The molecule has 1 N–H and O–H groups in total. The van der Waals surface area contributed by atoms with Gasteiger partial charge in [-0.3, -0.25) is 0 Å². The number of rotatable bonds is 6. The van der Waals surface area contributed by atoms with Gasteiger partial charge in [0.25, 0.3) is 0 Å². The monoisotopic (exact) mass is 219 g/mol. The predicted octanol–water partition coefficient (Wildman–Crippen LogP) is 3.43. The van der Waals surface area contributed by atoms with Crippen LogP contribution in [0.5, 0.6) is 0 Å². The van der Waals surface area contributed by atoms with Crippen LogP contribution in [-0.4, -0.2) is 12.6 Å². The normalized spacial score (nSPS) is 13.1. The van der Waals surface area contributed by atoms with E-state index in [1.54, 1.807) is 0 Å². The molecule has 0 aliphatic heterocycles. The van der Waals surface area contributed by atoms with Gasteiger partial charge in [-0.25, -0.2) is 0 Å². The molecule has 1 rings (SSSR count). The fraction of sp³-hybridized carbons (Fsp3) is 0.600. The minimum atomic E-state index is 0.595. The van der Waals surface area contributed by atoms with Crippen molar-refractivity contribution < 1.29 is 0 Å². The number of hydrogen-bond donors (Lipinski definition) is 1. The smallest absolute Gasteiger partial charge is 0.0130 e. The van der Waals surface area contributed by atoms with Gasteiger partial charge in [-0.1, -0.05) is 52.0 Å². The van der Waals surface area contributed by atoms with Gasteiger partial charge in [-0.05, 0) is 36.4 Å². The Bertz CT molecular complexity index is 287. The van der Waals surface area contributed by atoms with Crippen molar-refractivity contribution in [3.8, 4) is 0 Å². The van der Waals surface area contributed by atoms with Crippen molar-refractivity contribution in [2.75, 3.05) is 6.54 Å². The van der Waals surface area contributed by atoms with Gasteiger partial charge in [0.1, 0.15) is 0 Å². The zero-order chi connectivity index (χ0) is 12.0. The summed E-state index contributed by atoms with van der Waals surface area (Å²) in [6, 6.07) is 9.63. The van der Waals surface area contributed by atoms with E-state index >= 15 is 0 Å². The van der Waals surface area contributed by atoms with Crippen LogP contribution in [0, 0.1) is 5.92 Å². The molecule has 1 unspecified atom stereocenters. The zero-order valence-electron chi connectivity index (χ0n) is 11.1. The van der Waals surface area contributed by atoms with Crippen molar-refractivity contribution in [2.24, 2.45) is 5.92 Å². The van der Waals surface area contributed by atoms with E-state index in [1.165, 1.54) is 11.1 Å². The van der Waals surface area contributed by atoms with Crippen molar-refractivity contribution in [3.63, 3.8) is 0 Å². The lowest BCUT2D eigenvalue weighted by atomic mass is 9.95. The maximum absolute atomic E-state index is 3.56. The fourth-order valence-electron chi connectivity index (χ4n) is 1.97. The molecule has 0 saturated carbocycles. The van der Waals surface area contributed by atoms with Crippen LogP contribution in [0.3, 0.4) is 0 Å². The van der Waals surface area contributed by atoms with Gasteiger partial charge in [0.15, 0.2) is 0 Å². The lowest BCUT2D eigenvalue weighted by Crippen LogP contribution is -2.35. The molecule has 1 atom stereocenters. The first-order valence-electron chi connectivity index (χ1n) is 6.48. The summed E-state index contributed by atoms with van der Waals surface area (Å²) in [5.41, 5.74) is 2.87. The molecule has 0 heterocycles. The summed E-state index contributed by atoms with van der Waals surface area (Å²) in [6.07, 6.45) is 2.26. The zero-order valence-corrected chi connectivity index (χ0v) is 11.1. The lowest BCUT2D eigenvalue weighted by Gasteiger charge is -2.21. The second-order valence-electron chi connectivity index (χ2n) is 4.78. The van der Waals surface area contributed by atoms with Crippen LogP contribution in [0.2, 0.25) is 0 Å². The first-order valence-corrected chi connectivity index (χ1v) is 6.48. The SMILES string of the molecule is CCNC(Cc1ccc(CC)cc1)C(C)C. The molecule has 1 aromatic carbocycles. The molecule has 0 spiro atoms. The Morgan fingerprint density at radius 1 is 1.00 bits per heavy atom. The quantitative estimate of drug-likeness (QED) is 0.773. The molecule has 90 valence electrons. The second kappa shape index (κ2) is 6.70. The predicted molar refractivity (Wildman–Crippen MR) is 71.8 cm³/mol. The second-order valence-corrected chi connectivity index (χ2v) is 4.78. The summed E-state index contributed by atoms with van der Waals surface area (Å²) in [5, 5.41) is 3.56. The summed E-state index contributed by atoms with van der Waals surface area (Å²) in [4.78, 5) is 0. The number of benzene rings is 1. The van der Waals surface area contributed by atoms with Gasteiger partial charge in [0, 0.05) is 6.04 Å². The van der Waals surface area contributed by atoms with Gasteiger partial charge in [0.05, 0.1) is 0 Å². The van der Waals surface area contributed by atoms with E-state index in [0.717, 1.165) is 19.4 Å². The fourth-order valence-corrected chi connectivity index (χ4v) is 1.97. The van der Waals surface area contributed by atoms with Gasteiger partial charge in [-0.15, -0.1) is 0 Å². The Balaban J connectivity index is 2.62. The number of aryl methyl sites for hydroxylation is 1. The molecular weight excluding hydrogens is 194 g/mol. The molecule has 1 heteroatoms. The minimum Gasteiger partial charge on any atom is -0.314 e. The average Bonchev–Trinajstić information content (AvgIpc) is 2.29. The molecule has 1 nitrogen and oxygen atoms in total. The molecule has 0 fully saturated rings. The Morgan fingerprint density at radius 2 is 1.56 bits per heavy atom. The molecule has 0 aromatic heterocycles. The topological polar surface area (TPSA) is 12.0 Å². The highest BCUT2D eigenvalue weighted by Gasteiger charge is 2.12. The van der Waals surface area contributed by atoms with E-state index in [1.807, 2.05) is 0 Å². The van der Waals surface area contributed by atoms with E-state index < -0.39 is 0 Å². The third-order valence-electron chi connectivity index (χ3n) is 3.16. The summed E-state index contributed by atoms with van der Waals surface area (Å²) >= 11 is 0. The number of hydrogen-bond acceptors (Lipinski definition) is 1. The van der Waals surface area contributed by atoms with E-state index in [4.69, 9.17) is 0 Å². The van der Waals surface area contributed by atoms with E-state index in [-0.39, 0.29) is 0 Å². The molecule has 1 aromatic rings. The first-order chi connectivity index (χ1) is 7.67. The molecule has 16 heavy (non-hydrogen) atoms. The maximum Gasteiger partial charge on any atom is 0.0130 e. The highest BCUT2D eigenvalue weighted by Crippen LogP contribution is 2.12. The Hall–Kier alpha value is -0.820. The van der Waals surface area contributed by atoms with Crippen molar-refractivity contribution in [1.29, 1.82) is 0 Å². The Morgan fingerprint density at radius 3 is 2.00 bits per heavy atom. The Kier molecular flexibility index (Phi) is 5.54. The largest absolute Gasteiger partial charge is 0.314 e. The standard InChI is InChI=1S/C15H25N/c1-5-13-7-9-14(10-8-13)11-15(12(3)4)16-6-2/h7-10,12,15-16H,5-6,11H2,1-4H3. The summed E-state index contributed by atoms with van der Waals surface area (Å²) in [5.74, 6) is 0.686. The van der Waals surface area contributed by atoms with Gasteiger partial charge >= 0.3 is 0 Å². The van der Waals surface area contributed by atoms with Crippen LogP contribution in [0.25, 0.3) is 0 Å². The third-order valence-corrected chi connectivity index (χ3v) is 3.16. The van der Waals surface area contributed by atoms with Crippen LogP contribution < -0.4 is 5.32 Å². The molecule has 0 bridgehead atoms. The van der Waals surface area contributed by atoms with Gasteiger partial charge in [-0.2, -0.15) is 0 Å². The molecule has 0 aliphatic rings. The molecule has 0 aliphatic carbocycles. The van der Waals surface area contributed by atoms with Crippen LogP contribution >= 0.6 is 0 Å². The summed E-state index contributed by atoms with van der Waals surface area (Å²) < 4.78 is 0. The minimum absolute atomic E-state index is 0.595. The number of likely N-dealkylation sites (N-methyl/N-ethyl adjacent to an activating group) is 1. The molecule has 0 radical (unpaired) electrons. The van der Waals surface area contributed by atoms with Gasteiger partial charge in [0.2, 0.25) is 0 Å². The van der Waals surface area contributed by atoms with E-state index in [9.17, 15) is 0 Å².